The Balaban J connectivity index is 1.11. The molecule has 2 aliphatic rings. The molecule has 0 N–H and O–H groups in total. The number of amides is 2. The van der Waals surface area contributed by atoms with Gasteiger partial charge in [0.1, 0.15) is 0 Å². The molecule has 2 aliphatic heterocycles. The smallest absolute Gasteiger partial charge is 0.309 e. The van der Waals surface area contributed by atoms with Crippen molar-refractivity contribution in [3.05, 3.63) is 119 Å². The molecule has 2 aromatic heterocycles. The molecule has 6 aromatic rings. The molecule has 0 saturated carbocycles. The van der Waals surface area contributed by atoms with E-state index in [1.807, 2.05) is 75.0 Å². The van der Waals surface area contributed by atoms with Gasteiger partial charge >= 0.3 is 11.9 Å². The highest BCUT2D eigenvalue weighted by Gasteiger charge is 2.29. The van der Waals surface area contributed by atoms with E-state index in [0.717, 1.165) is 65.0 Å². The maximum absolute atomic E-state index is 13.5. The quantitative estimate of drug-likeness (QED) is 0.0889. The van der Waals surface area contributed by atoms with Crippen molar-refractivity contribution in [2.24, 2.45) is 25.9 Å². The molecule has 0 aliphatic carbocycles. The van der Waals surface area contributed by atoms with Crippen LogP contribution in [0.1, 0.15) is 50.7 Å². The van der Waals surface area contributed by atoms with Crippen molar-refractivity contribution in [2.75, 3.05) is 39.4 Å². The molecular weight excluding hydrogens is 880 g/mol. The number of benzene rings is 4. The molecule has 0 radical (unpaired) electrons. The van der Waals surface area contributed by atoms with Gasteiger partial charge in [0.05, 0.1) is 35.1 Å². The normalized spacial score (nSPS) is 15.2. The second kappa shape index (κ2) is 20.2. The van der Waals surface area contributed by atoms with Gasteiger partial charge in [0, 0.05) is 108 Å². The Morgan fingerprint density at radius 2 is 1.00 bits per heavy atom. The number of hydrogen-bond donors (Lipinski definition) is 0. The number of nitrogens with zero attached hydrogens (tertiary/aromatic N) is 4. The van der Waals surface area contributed by atoms with Crippen molar-refractivity contribution >= 4 is 92.7 Å². The van der Waals surface area contributed by atoms with Crippen LogP contribution in [0.4, 0.5) is 0 Å². The predicted molar refractivity (Wildman–Crippen MR) is 261 cm³/mol. The van der Waals surface area contributed by atoms with Crippen molar-refractivity contribution in [1.29, 1.82) is 0 Å². The summed E-state index contributed by atoms with van der Waals surface area (Å²) >= 11 is 16.4. The average Bonchev–Trinajstić information content (AvgIpc) is 3.89. The molecule has 4 heterocycles. The molecule has 0 spiro atoms. The van der Waals surface area contributed by atoms with Gasteiger partial charge < -0.3 is 28.4 Å². The fourth-order valence-electron chi connectivity index (χ4n) is 8.88. The summed E-state index contributed by atoms with van der Waals surface area (Å²) in [5, 5.41) is 3.14. The number of aromatic nitrogens is 2. The highest BCUT2D eigenvalue weighted by atomic mass is 35.5. The number of likely N-dealkylation sites (tertiary alicyclic amines) is 2. The van der Waals surface area contributed by atoms with Gasteiger partial charge in [0.15, 0.2) is 0 Å². The van der Waals surface area contributed by atoms with Crippen molar-refractivity contribution in [3.63, 3.8) is 0 Å². The number of carbonyl (C=O) groups excluding carboxylic acids is 4. The van der Waals surface area contributed by atoms with Gasteiger partial charge in [0.25, 0.3) is 0 Å². The Kier molecular flexibility index (Phi) is 14.2. The number of piperidine rings is 2. The highest BCUT2D eigenvalue weighted by Crippen LogP contribution is 2.47. The number of hydrogen-bond acceptors (Lipinski definition) is 7. The molecule has 10 nitrogen and oxygen atoms in total. The number of aryl methyl sites for hydroxylation is 2. The third-order valence-electron chi connectivity index (χ3n) is 12.5. The molecule has 4 aromatic carbocycles. The van der Waals surface area contributed by atoms with Gasteiger partial charge in [-0.25, -0.2) is 0 Å². The number of fused-ring (bicyclic) bond motifs is 2. The third kappa shape index (κ3) is 9.93. The van der Waals surface area contributed by atoms with E-state index in [4.69, 9.17) is 32.7 Å². The summed E-state index contributed by atoms with van der Waals surface area (Å²) < 4.78 is 14.6. The summed E-state index contributed by atoms with van der Waals surface area (Å²) in [6.45, 7) is 6.19. The first-order valence-electron chi connectivity index (χ1n) is 22.1. The summed E-state index contributed by atoms with van der Waals surface area (Å²) in [4.78, 5) is 56.8. The summed E-state index contributed by atoms with van der Waals surface area (Å²) in [6, 6.07) is 24.5. The van der Waals surface area contributed by atoms with E-state index in [-0.39, 0.29) is 35.6 Å². The summed E-state index contributed by atoms with van der Waals surface area (Å²) in [5.74, 6) is -1.05. The number of ether oxygens (including phenoxy) is 2. The lowest BCUT2D eigenvalue weighted by Crippen LogP contribution is -2.39. The fraction of sp³-hybridized carbons (Fsp3) is 0.308. The number of esters is 2. The standard InChI is InChI=1S/C52H52Cl2N4O6S/c1-5-63-51(61)35-21-27-57(28-22-35)45(59)17-11-33-9-15-43(49(53)47(33)39-7-13-41-37(31-39)19-25-55(41)3)65-44-16-10-34(12-18-46(60)58-29-23-36(24-30-58)52(62)64-6-2)48(50(44)54)40-8-14-42-38(32-40)20-26-56(42)4/h7-20,25-26,31-32,35-36H,5-6,21-24,27-30H2,1-4H3. The molecule has 0 unspecified atom stereocenters. The average molecular weight is 932 g/mol. The number of carbonyl (C=O) groups is 4. The van der Waals surface area contributed by atoms with Gasteiger partial charge in [-0.15, -0.1) is 0 Å². The summed E-state index contributed by atoms with van der Waals surface area (Å²) in [6.07, 6.45) is 13.1. The van der Waals surface area contributed by atoms with Crippen LogP contribution in [0.25, 0.3) is 56.2 Å². The van der Waals surface area contributed by atoms with Crippen LogP contribution < -0.4 is 0 Å². The summed E-state index contributed by atoms with van der Waals surface area (Å²) in [5.41, 5.74) is 7.08. The van der Waals surface area contributed by atoms with Gasteiger partial charge in [-0.1, -0.05) is 59.2 Å². The highest BCUT2D eigenvalue weighted by molar-refractivity contribution is 7.99. The Labute approximate surface area is 393 Å². The maximum atomic E-state index is 13.5. The molecule has 0 atom stereocenters. The Morgan fingerprint density at radius 3 is 1.38 bits per heavy atom. The lowest BCUT2D eigenvalue weighted by molar-refractivity contribution is -0.151. The van der Waals surface area contributed by atoms with E-state index in [2.05, 4.69) is 45.5 Å². The third-order valence-corrected chi connectivity index (χ3v) is 14.6. The van der Waals surface area contributed by atoms with Gasteiger partial charge in [-0.05, 0) is 122 Å². The number of rotatable bonds is 12. The lowest BCUT2D eigenvalue weighted by atomic mass is 9.96. The fourth-order valence-corrected chi connectivity index (χ4v) is 10.6. The zero-order valence-corrected chi connectivity index (χ0v) is 39.3. The zero-order chi connectivity index (χ0) is 45.8. The van der Waals surface area contributed by atoms with E-state index < -0.39 is 0 Å². The molecule has 13 heteroatoms. The van der Waals surface area contributed by atoms with Gasteiger partial charge in [0.2, 0.25) is 11.8 Å². The first-order valence-corrected chi connectivity index (χ1v) is 23.7. The van der Waals surface area contributed by atoms with Crippen LogP contribution in [0.5, 0.6) is 0 Å². The first-order chi connectivity index (χ1) is 31.4. The SMILES string of the molecule is CCOC(=O)C1CCN(C(=O)C=Cc2ccc(Sc3ccc(C=CC(=O)N4CCC(C(=O)OCC)CC4)c(-c4ccc5c(ccn5C)c4)c3Cl)c(Cl)c2-c2ccc3c(ccn3C)c2)CC1. The second-order valence-corrected chi connectivity index (χ2v) is 18.4. The van der Waals surface area contributed by atoms with Crippen LogP contribution in [0.2, 0.25) is 10.0 Å². The Morgan fingerprint density at radius 1 is 0.600 bits per heavy atom. The zero-order valence-electron chi connectivity index (χ0n) is 37.0. The molecular formula is C52H52Cl2N4O6S. The van der Waals surface area contributed by atoms with Crippen LogP contribution in [0, 0.1) is 11.8 Å². The minimum Gasteiger partial charge on any atom is -0.466 e. The molecule has 2 amide bonds. The van der Waals surface area contributed by atoms with Crippen LogP contribution in [0.15, 0.2) is 107 Å². The van der Waals surface area contributed by atoms with Gasteiger partial charge in [-0.2, -0.15) is 0 Å². The van der Waals surface area contributed by atoms with E-state index in [0.29, 0.717) is 75.1 Å². The van der Waals surface area contributed by atoms with E-state index >= 15 is 0 Å². The molecule has 0 bridgehead atoms. The van der Waals surface area contributed by atoms with Crippen molar-refractivity contribution in [1.82, 2.24) is 18.9 Å². The molecule has 336 valence electrons. The van der Waals surface area contributed by atoms with E-state index in [9.17, 15) is 19.2 Å². The molecule has 65 heavy (non-hydrogen) atoms. The molecule has 2 saturated heterocycles. The lowest BCUT2D eigenvalue weighted by Gasteiger charge is -2.30. The maximum Gasteiger partial charge on any atom is 0.309 e. The summed E-state index contributed by atoms with van der Waals surface area (Å²) in [7, 11) is 4.02. The number of halogens is 2. The van der Waals surface area contributed by atoms with Gasteiger partial charge in [-0.3, -0.25) is 19.2 Å². The van der Waals surface area contributed by atoms with Crippen LogP contribution >= 0.6 is 35.0 Å². The van der Waals surface area contributed by atoms with Crippen molar-refractivity contribution in [3.8, 4) is 22.3 Å². The van der Waals surface area contributed by atoms with Crippen molar-refractivity contribution < 1.29 is 28.7 Å². The predicted octanol–water partition coefficient (Wildman–Crippen LogP) is 11.1. The minimum atomic E-state index is -0.199. The molecule has 8 rings (SSSR count). The molecule has 2 fully saturated rings. The van der Waals surface area contributed by atoms with Crippen LogP contribution in [-0.4, -0.2) is 82.1 Å². The van der Waals surface area contributed by atoms with Crippen LogP contribution in [0.3, 0.4) is 0 Å². The topological polar surface area (TPSA) is 103 Å². The van der Waals surface area contributed by atoms with Crippen molar-refractivity contribution in [2.45, 2.75) is 49.3 Å². The second-order valence-electron chi connectivity index (χ2n) is 16.6. The minimum absolute atomic E-state index is 0.131. The van der Waals surface area contributed by atoms with E-state index in [1.165, 1.54) is 11.8 Å². The first kappa shape index (κ1) is 45.8. The Bertz CT molecular complexity index is 2660. The van der Waals surface area contributed by atoms with Crippen LogP contribution in [-0.2, 0) is 42.7 Å². The van der Waals surface area contributed by atoms with E-state index in [1.54, 1.807) is 35.8 Å². The largest absolute Gasteiger partial charge is 0.466 e. The Hall–Kier alpha value is -5.75. The monoisotopic (exact) mass is 930 g/mol.